The lowest BCUT2D eigenvalue weighted by Crippen LogP contribution is -2.15. The lowest BCUT2D eigenvalue weighted by molar-refractivity contribution is -0.121. The van der Waals surface area contributed by atoms with Crippen LogP contribution in [0.5, 0.6) is 0 Å². The van der Waals surface area contributed by atoms with E-state index in [1.807, 2.05) is 0 Å². The van der Waals surface area contributed by atoms with Crippen LogP contribution in [0.3, 0.4) is 0 Å². The maximum atomic E-state index is 11.7. The maximum Gasteiger partial charge on any atom is 0.135 e. The molecule has 0 fully saturated rings. The van der Waals surface area contributed by atoms with E-state index in [1.54, 1.807) is 0 Å². The van der Waals surface area contributed by atoms with Crippen LogP contribution in [0.1, 0.15) is 59.9 Å². The van der Waals surface area contributed by atoms with E-state index in [4.69, 9.17) is 4.74 Å². The minimum Gasteiger partial charge on any atom is -0.363 e. The molecule has 0 atom stereocenters. The van der Waals surface area contributed by atoms with E-state index < -0.39 is 0 Å². The summed E-state index contributed by atoms with van der Waals surface area (Å²) in [5.74, 6) is 0.268. The molecule has 0 aliphatic heterocycles. The number of ether oxygens (including phenoxy) is 1. The Morgan fingerprint density at radius 2 is 1.61 bits per heavy atom. The summed E-state index contributed by atoms with van der Waals surface area (Å²) in [6.45, 7) is 13.9. The Hall–Kier alpha value is -1.35. The summed E-state index contributed by atoms with van der Waals surface area (Å²) in [5.41, 5.74) is 2.75. The fourth-order valence-corrected chi connectivity index (χ4v) is 2.43. The van der Waals surface area contributed by atoms with Crippen molar-refractivity contribution in [2.75, 3.05) is 18.7 Å². The van der Waals surface area contributed by atoms with Crippen molar-refractivity contribution in [1.82, 2.24) is 0 Å². The number of carbonyl (C=O) groups excluding carboxylic acids is 1. The lowest BCUT2D eigenvalue weighted by atomic mass is 9.88. The van der Waals surface area contributed by atoms with Crippen LogP contribution in [0.2, 0.25) is 0 Å². The number of nitrogens with one attached hydrogen (secondary N) is 1. The number of hydrogen-bond donors (Lipinski definition) is 1. The highest BCUT2D eigenvalue weighted by molar-refractivity contribution is 5.79. The molecule has 0 amide bonds. The van der Waals surface area contributed by atoms with Gasteiger partial charge in [-0.3, -0.25) is 4.79 Å². The summed E-state index contributed by atoms with van der Waals surface area (Å²) in [6, 6.07) is 8.46. The number of ketones is 1. The molecule has 0 spiro atoms. The van der Waals surface area contributed by atoms with Crippen molar-refractivity contribution >= 4 is 11.5 Å². The van der Waals surface area contributed by atoms with Crippen molar-refractivity contribution in [3.8, 4) is 0 Å². The molecule has 1 aromatic carbocycles. The Morgan fingerprint density at radius 3 is 2.13 bits per heavy atom. The van der Waals surface area contributed by atoms with E-state index in [-0.39, 0.29) is 11.2 Å². The molecule has 0 saturated heterocycles. The van der Waals surface area contributed by atoms with E-state index in [9.17, 15) is 4.79 Å². The van der Waals surface area contributed by atoms with Gasteiger partial charge < -0.3 is 10.1 Å². The van der Waals surface area contributed by atoms with Gasteiger partial charge in [-0.05, 0) is 34.9 Å². The summed E-state index contributed by atoms with van der Waals surface area (Å²) < 4.78 is 5.50. The van der Waals surface area contributed by atoms with Gasteiger partial charge in [0.2, 0.25) is 0 Å². The molecule has 0 heterocycles. The normalized spacial score (nSPS) is 12.3. The number of benzene rings is 1. The van der Waals surface area contributed by atoms with Crippen LogP contribution >= 0.6 is 0 Å². The van der Waals surface area contributed by atoms with Gasteiger partial charge in [0.15, 0.2) is 0 Å². The average molecular weight is 319 g/mol. The van der Waals surface area contributed by atoms with Crippen molar-refractivity contribution in [1.29, 1.82) is 0 Å². The Labute approximate surface area is 141 Å². The topological polar surface area (TPSA) is 38.3 Å². The molecule has 0 radical (unpaired) electrons. The molecule has 3 heteroatoms. The minimum atomic E-state index is 0.0597. The number of anilines is 1. The Bertz CT molecular complexity index is 478. The largest absolute Gasteiger partial charge is 0.363 e. The Balaban J connectivity index is 2.22. The number of Topliss-reactive ketones (excluding diaryl/α,β-unsaturated/α-hetero) is 1. The first-order valence-corrected chi connectivity index (χ1v) is 8.47. The number of carbonyl (C=O) groups is 1. The second kappa shape index (κ2) is 8.49. The molecule has 1 N–H and O–H groups in total. The quantitative estimate of drug-likeness (QED) is 0.538. The lowest BCUT2D eigenvalue weighted by Gasteiger charge is -2.18. The molecule has 130 valence electrons. The fourth-order valence-electron chi connectivity index (χ4n) is 2.43. The van der Waals surface area contributed by atoms with Crippen molar-refractivity contribution in [3.05, 3.63) is 29.8 Å². The number of rotatable bonds is 8. The standard InChI is InChI=1S/C20H33NO2/c1-19(2,3)13-16-7-9-17(10-8-16)21-15-23-12-11-18(22)14-20(4,5)6/h7-10,21H,11-15H2,1-6H3. The maximum absolute atomic E-state index is 11.7. The van der Waals surface area contributed by atoms with E-state index in [1.165, 1.54) is 5.56 Å². The third kappa shape index (κ3) is 10.1. The molecule has 3 nitrogen and oxygen atoms in total. The van der Waals surface area contributed by atoms with E-state index in [2.05, 4.69) is 71.1 Å². The fraction of sp³-hybridized carbons (Fsp3) is 0.650. The summed E-state index contributed by atoms with van der Waals surface area (Å²) in [7, 11) is 0. The summed E-state index contributed by atoms with van der Waals surface area (Å²) in [5, 5.41) is 3.22. The Morgan fingerprint density at radius 1 is 1.00 bits per heavy atom. The zero-order valence-corrected chi connectivity index (χ0v) is 15.7. The van der Waals surface area contributed by atoms with Gasteiger partial charge in [-0.15, -0.1) is 0 Å². The predicted molar refractivity (Wildman–Crippen MR) is 97.7 cm³/mol. The van der Waals surface area contributed by atoms with Crippen LogP contribution in [-0.4, -0.2) is 19.1 Å². The molecule has 0 bridgehead atoms. The van der Waals surface area contributed by atoms with Gasteiger partial charge in [0, 0.05) is 18.5 Å². The second-order valence-electron chi connectivity index (χ2n) is 8.69. The molecule has 0 aliphatic carbocycles. The average Bonchev–Trinajstić information content (AvgIpc) is 2.36. The minimum absolute atomic E-state index is 0.0597. The zero-order chi connectivity index (χ0) is 17.5. The summed E-state index contributed by atoms with van der Waals surface area (Å²) >= 11 is 0. The summed E-state index contributed by atoms with van der Waals surface area (Å²) in [6.07, 6.45) is 2.17. The smallest absolute Gasteiger partial charge is 0.135 e. The number of hydrogen-bond acceptors (Lipinski definition) is 3. The van der Waals surface area contributed by atoms with Crippen LogP contribution in [0, 0.1) is 10.8 Å². The Kier molecular flexibility index (Phi) is 7.27. The molecule has 1 aromatic rings. The predicted octanol–water partition coefficient (Wildman–Crippen LogP) is 5.06. The first-order valence-electron chi connectivity index (χ1n) is 8.47. The molecular weight excluding hydrogens is 286 g/mol. The van der Waals surface area contributed by atoms with E-state index >= 15 is 0 Å². The first-order chi connectivity index (χ1) is 10.6. The van der Waals surface area contributed by atoms with Crippen molar-refractivity contribution in [2.45, 2.75) is 60.8 Å². The molecule has 1 rings (SSSR count). The highest BCUT2D eigenvalue weighted by Crippen LogP contribution is 2.21. The third-order valence-electron chi connectivity index (χ3n) is 3.32. The van der Waals surface area contributed by atoms with Crippen molar-refractivity contribution in [2.24, 2.45) is 10.8 Å². The van der Waals surface area contributed by atoms with E-state index in [0.29, 0.717) is 31.6 Å². The highest BCUT2D eigenvalue weighted by atomic mass is 16.5. The van der Waals surface area contributed by atoms with Crippen LogP contribution in [0.4, 0.5) is 5.69 Å². The van der Waals surface area contributed by atoms with Crippen LogP contribution < -0.4 is 5.32 Å². The second-order valence-corrected chi connectivity index (χ2v) is 8.69. The van der Waals surface area contributed by atoms with Gasteiger partial charge in [-0.1, -0.05) is 53.7 Å². The monoisotopic (exact) mass is 319 g/mol. The van der Waals surface area contributed by atoms with Gasteiger partial charge >= 0.3 is 0 Å². The molecule has 0 aromatic heterocycles. The van der Waals surface area contributed by atoms with Gasteiger partial charge in [0.05, 0.1) is 6.61 Å². The highest BCUT2D eigenvalue weighted by Gasteiger charge is 2.15. The van der Waals surface area contributed by atoms with Crippen LogP contribution in [0.25, 0.3) is 0 Å². The molecular formula is C20H33NO2. The zero-order valence-electron chi connectivity index (χ0n) is 15.7. The summed E-state index contributed by atoms with van der Waals surface area (Å²) in [4.78, 5) is 11.7. The van der Waals surface area contributed by atoms with Crippen LogP contribution in [-0.2, 0) is 16.0 Å². The SMILES string of the molecule is CC(C)(C)CC(=O)CCOCNc1ccc(CC(C)(C)C)cc1. The van der Waals surface area contributed by atoms with Crippen molar-refractivity contribution < 1.29 is 9.53 Å². The molecule has 0 unspecified atom stereocenters. The van der Waals surface area contributed by atoms with Crippen molar-refractivity contribution in [3.63, 3.8) is 0 Å². The van der Waals surface area contributed by atoms with Gasteiger partial charge in [0.1, 0.15) is 12.5 Å². The van der Waals surface area contributed by atoms with E-state index in [0.717, 1.165) is 12.1 Å². The van der Waals surface area contributed by atoms with Gasteiger partial charge in [-0.2, -0.15) is 0 Å². The third-order valence-corrected chi connectivity index (χ3v) is 3.32. The molecule has 0 saturated carbocycles. The molecule has 0 aliphatic rings. The molecule has 23 heavy (non-hydrogen) atoms. The first kappa shape index (κ1) is 19.7. The van der Waals surface area contributed by atoms with Gasteiger partial charge in [-0.25, -0.2) is 0 Å². The van der Waals surface area contributed by atoms with Crippen LogP contribution in [0.15, 0.2) is 24.3 Å². The van der Waals surface area contributed by atoms with Gasteiger partial charge in [0.25, 0.3) is 0 Å².